The molecule has 0 saturated heterocycles. The fraction of sp³-hybridized carbons (Fsp3) is 0.185. The van der Waals surface area contributed by atoms with E-state index in [2.05, 4.69) is 16.4 Å². The van der Waals surface area contributed by atoms with Crippen molar-refractivity contribution < 1.29 is 4.79 Å². The van der Waals surface area contributed by atoms with Gasteiger partial charge in [0.25, 0.3) is 5.56 Å². The van der Waals surface area contributed by atoms with Crippen LogP contribution >= 0.6 is 11.6 Å². The van der Waals surface area contributed by atoms with Gasteiger partial charge in [0.1, 0.15) is 0 Å². The molecular formula is C27H26ClN3O2. The van der Waals surface area contributed by atoms with Crippen LogP contribution in [-0.4, -0.2) is 15.9 Å². The highest BCUT2D eigenvalue weighted by Gasteiger charge is 2.18. The zero-order valence-electron chi connectivity index (χ0n) is 18.9. The first kappa shape index (κ1) is 22.6. The van der Waals surface area contributed by atoms with E-state index in [0.717, 1.165) is 33.2 Å². The Balaban J connectivity index is 1.68. The molecule has 2 amide bonds. The van der Waals surface area contributed by atoms with Gasteiger partial charge < -0.3 is 15.2 Å². The highest BCUT2D eigenvalue weighted by Crippen LogP contribution is 2.21. The summed E-state index contributed by atoms with van der Waals surface area (Å²) >= 11 is 6.07. The molecule has 0 aliphatic rings. The summed E-state index contributed by atoms with van der Waals surface area (Å²) < 4.78 is 0. The number of pyridine rings is 1. The number of aromatic amines is 1. The quantitative estimate of drug-likeness (QED) is 0.365. The summed E-state index contributed by atoms with van der Waals surface area (Å²) in [4.78, 5) is 30.7. The molecule has 0 spiro atoms. The number of nitrogens with one attached hydrogen (secondary N) is 2. The zero-order valence-corrected chi connectivity index (χ0v) is 19.7. The zero-order chi connectivity index (χ0) is 23.5. The summed E-state index contributed by atoms with van der Waals surface area (Å²) in [7, 11) is 0. The molecule has 0 bridgehead atoms. The number of H-pyrrole nitrogens is 1. The minimum Gasteiger partial charge on any atom is -0.322 e. The Bertz CT molecular complexity index is 1380. The molecule has 6 heteroatoms. The van der Waals surface area contributed by atoms with Gasteiger partial charge in [-0.2, -0.15) is 0 Å². The van der Waals surface area contributed by atoms with Crippen LogP contribution in [0.5, 0.6) is 0 Å². The van der Waals surface area contributed by atoms with Crippen molar-refractivity contribution in [2.24, 2.45) is 0 Å². The fourth-order valence-corrected chi connectivity index (χ4v) is 4.11. The second-order valence-electron chi connectivity index (χ2n) is 8.45. The van der Waals surface area contributed by atoms with Gasteiger partial charge in [-0.3, -0.25) is 4.79 Å². The summed E-state index contributed by atoms with van der Waals surface area (Å²) in [6, 6.07) is 20.6. The molecule has 1 aromatic heterocycles. The number of hydrogen-bond acceptors (Lipinski definition) is 2. The van der Waals surface area contributed by atoms with Crippen LogP contribution in [0.4, 0.5) is 10.5 Å². The lowest BCUT2D eigenvalue weighted by atomic mass is 10.0. The van der Waals surface area contributed by atoms with Crippen molar-refractivity contribution >= 4 is 34.2 Å². The lowest BCUT2D eigenvalue weighted by Gasteiger charge is -2.23. The largest absolute Gasteiger partial charge is 0.322 e. The Kier molecular flexibility index (Phi) is 6.52. The van der Waals surface area contributed by atoms with Gasteiger partial charge in [0.2, 0.25) is 0 Å². The number of carbonyl (C=O) groups is 1. The van der Waals surface area contributed by atoms with Gasteiger partial charge in [-0.1, -0.05) is 53.6 Å². The van der Waals surface area contributed by atoms with Crippen molar-refractivity contribution in [1.29, 1.82) is 0 Å². The summed E-state index contributed by atoms with van der Waals surface area (Å²) in [5.41, 5.74) is 6.02. The van der Waals surface area contributed by atoms with E-state index in [0.29, 0.717) is 22.8 Å². The van der Waals surface area contributed by atoms with Crippen LogP contribution in [-0.2, 0) is 13.1 Å². The maximum Gasteiger partial charge on any atom is 0.322 e. The van der Waals surface area contributed by atoms with Crippen LogP contribution in [0, 0.1) is 20.8 Å². The fourth-order valence-electron chi connectivity index (χ4n) is 3.92. The second-order valence-corrected chi connectivity index (χ2v) is 8.89. The first-order valence-corrected chi connectivity index (χ1v) is 11.2. The number of benzene rings is 3. The highest BCUT2D eigenvalue weighted by molar-refractivity contribution is 6.30. The molecule has 1 heterocycles. The molecular weight excluding hydrogens is 434 g/mol. The number of anilines is 1. The Morgan fingerprint density at radius 1 is 0.939 bits per heavy atom. The van der Waals surface area contributed by atoms with Crippen LogP contribution in [0.2, 0.25) is 5.02 Å². The van der Waals surface area contributed by atoms with Crippen molar-refractivity contribution in [1.82, 2.24) is 9.88 Å². The molecule has 0 fully saturated rings. The number of fused-ring (bicyclic) bond motifs is 1. The molecule has 4 aromatic rings. The van der Waals surface area contributed by atoms with Gasteiger partial charge >= 0.3 is 6.03 Å². The van der Waals surface area contributed by atoms with Crippen LogP contribution in [0.1, 0.15) is 27.8 Å². The third-order valence-corrected chi connectivity index (χ3v) is 5.84. The summed E-state index contributed by atoms with van der Waals surface area (Å²) in [5, 5.41) is 4.41. The molecule has 5 nitrogen and oxygen atoms in total. The molecule has 0 atom stereocenters. The summed E-state index contributed by atoms with van der Waals surface area (Å²) in [6.45, 7) is 6.57. The van der Waals surface area contributed by atoms with Crippen LogP contribution < -0.4 is 10.9 Å². The smallest absolute Gasteiger partial charge is 0.322 e. The number of carbonyl (C=O) groups excluding carboxylic acids is 1. The molecule has 4 rings (SSSR count). The van der Waals surface area contributed by atoms with E-state index >= 15 is 0 Å². The van der Waals surface area contributed by atoms with E-state index in [-0.39, 0.29) is 18.1 Å². The number of amides is 2. The molecule has 0 radical (unpaired) electrons. The number of rotatable bonds is 5. The average Bonchev–Trinajstić information content (AvgIpc) is 2.75. The van der Waals surface area contributed by atoms with E-state index in [1.165, 1.54) is 0 Å². The SMILES string of the molecule is Cc1ccc(CN(Cc2cc3c(C)cc(C)cc3[nH]c2=O)C(=O)Nc2cccc(Cl)c2)cc1. The minimum absolute atomic E-state index is 0.166. The van der Waals surface area contributed by atoms with E-state index < -0.39 is 0 Å². The minimum atomic E-state index is -0.307. The van der Waals surface area contributed by atoms with Crippen molar-refractivity contribution in [2.75, 3.05) is 5.32 Å². The number of nitrogens with zero attached hydrogens (tertiary/aromatic N) is 1. The Morgan fingerprint density at radius 2 is 1.70 bits per heavy atom. The van der Waals surface area contributed by atoms with Gasteiger partial charge in [-0.25, -0.2) is 4.79 Å². The number of hydrogen-bond donors (Lipinski definition) is 2. The molecule has 2 N–H and O–H groups in total. The molecule has 0 unspecified atom stereocenters. The normalized spacial score (nSPS) is 10.9. The number of aromatic nitrogens is 1. The van der Waals surface area contributed by atoms with E-state index in [9.17, 15) is 9.59 Å². The third kappa shape index (κ3) is 5.44. The van der Waals surface area contributed by atoms with E-state index in [1.54, 1.807) is 29.2 Å². The van der Waals surface area contributed by atoms with Crippen molar-refractivity contribution in [3.63, 3.8) is 0 Å². The van der Waals surface area contributed by atoms with Crippen LogP contribution in [0.3, 0.4) is 0 Å². The number of halogens is 1. The topological polar surface area (TPSA) is 65.2 Å². The molecule has 0 saturated carbocycles. The Morgan fingerprint density at radius 3 is 2.42 bits per heavy atom. The molecule has 3 aromatic carbocycles. The second kappa shape index (κ2) is 9.51. The molecule has 0 aliphatic heterocycles. The van der Waals surface area contributed by atoms with Crippen LogP contribution in [0.25, 0.3) is 10.9 Å². The molecule has 0 aliphatic carbocycles. The van der Waals surface area contributed by atoms with Gasteiger partial charge in [-0.15, -0.1) is 0 Å². The number of urea groups is 1. The first-order valence-electron chi connectivity index (χ1n) is 10.8. The van der Waals surface area contributed by atoms with Crippen molar-refractivity contribution in [2.45, 2.75) is 33.9 Å². The number of aryl methyl sites for hydroxylation is 3. The van der Waals surface area contributed by atoms with Gasteiger partial charge in [-0.05, 0) is 67.8 Å². The summed E-state index contributed by atoms with van der Waals surface area (Å²) in [6.07, 6.45) is 0. The van der Waals surface area contributed by atoms with Crippen molar-refractivity contribution in [3.8, 4) is 0 Å². The third-order valence-electron chi connectivity index (χ3n) is 5.61. The summed E-state index contributed by atoms with van der Waals surface area (Å²) in [5.74, 6) is 0. The van der Waals surface area contributed by atoms with Gasteiger partial charge in [0, 0.05) is 33.7 Å². The predicted molar refractivity (Wildman–Crippen MR) is 135 cm³/mol. The van der Waals surface area contributed by atoms with E-state index in [4.69, 9.17) is 11.6 Å². The Labute approximate surface area is 198 Å². The lowest BCUT2D eigenvalue weighted by molar-refractivity contribution is 0.206. The Hall–Kier alpha value is -3.57. The van der Waals surface area contributed by atoms with E-state index in [1.807, 2.05) is 57.2 Å². The predicted octanol–water partition coefficient (Wildman–Crippen LogP) is 6.34. The van der Waals surface area contributed by atoms with Gasteiger partial charge in [0.15, 0.2) is 0 Å². The highest BCUT2D eigenvalue weighted by atomic mass is 35.5. The lowest BCUT2D eigenvalue weighted by Crippen LogP contribution is -2.35. The maximum atomic E-state index is 13.2. The average molecular weight is 460 g/mol. The van der Waals surface area contributed by atoms with Crippen LogP contribution in [0.15, 0.2) is 71.5 Å². The molecule has 168 valence electrons. The standard InChI is InChI=1S/C27H26ClN3O2/c1-17-7-9-20(10-8-17)15-31(27(33)29-23-6-4-5-22(28)14-23)16-21-13-24-19(3)11-18(2)12-25(24)30-26(21)32/h4-14H,15-16H2,1-3H3,(H,29,33)(H,30,32). The van der Waals surface area contributed by atoms with Crippen molar-refractivity contribution in [3.05, 3.63) is 110 Å². The van der Waals surface area contributed by atoms with Gasteiger partial charge in [0.05, 0.1) is 6.54 Å². The first-order chi connectivity index (χ1) is 15.8. The monoisotopic (exact) mass is 459 g/mol. The molecule has 33 heavy (non-hydrogen) atoms. The maximum absolute atomic E-state index is 13.2.